The number of unbranched alkanes of at least 4 members (excludes halogenated alkanes) is 1. The molecule has 0 aliphatic carbocycles. The van der Waals surface area contributed by atoms with Gasteiger partial charge in [-0.15, -0.1) is 11.3 Å². The van der Waals surface area contributed by atoms with Crippen LogP contribution in [0.25, 0.3) is 11.5 Å². The van der Waals surface area contributed by atoms with Gasteiger partial charge in [0.1, 0.15) is 9.48 Å². The lowest BCUT2D eigenvalue weighted by atomic mass is 10.1. The molecule has 7 heteroatoms. The summed E-state index contributed by atoms with van der Waals surface area (Å²) >= 11 is 5.39. The van der Waals surface area contributed by atoms with E-state index in [1.54, 1.807) is 11.3 Å². The Hall–Kier alpha value is -0.790. The van der Waals surface area contributed by atoms with Crippen molar-refractivity contribution in [2.45, 2.75) is 65.3 Å². The van der Waals surface area contributed by atoms with E-state index in [0.29, 0.717) is 0 Å². The van der Waals surface area contributed by atoms with Gasteiger partial charge in [-0.1, -0.05) is 26.7 Å². The summed E-state index contributed by atoms with van der Waals surface area (Å²) in [6.45, 7) is 8.72. The molecule has 1 aliphatic rings. The summed E-state index contributed by atoms with van der Waals surface area (Å²) in [6.07, 6.45) is 8.22. The Kier molecular flexibility index (Phi) is 7.01. The molecule has 2 aromatic rings. The second-order valence-electron chi connectivity index (χ2n) is 6.66. The van der Waals surface area contributed by atoms with E-state index < -0.39 is 0 Å². The molecule has 0 spiro atoms. The molecular weight excluding hydrogens is 398 g/mol. The van der Waals surface area contributed by atoms with Crippen LogP contribution in [0, 0.1) is 0 Å². The molecule has 138 valence electrons. The molecule has 0 atom stereocenters. The van der Waals surface area contributed by atoms with Crippen LogP contribution in [-0.2, 0) is 19.4 Å². The van der Waals surface area contributed by atoms with Crippen LogP contribution in [-0.4, -0.2) is 44.3 Å². The monoisotopic (exact) mass is 425 g/mol. The Morgan fingerprint density at radius 3 is 2.56 bits per heavy atom. The number of rotatable bonds is 8. The van der Waals surface area contributed by atoms with Crippen LogP contribution in [0.4, 0.5) is 0 Å². The van der Waals surface area contributed by atoms with Crippen LogP contribution >= 0.6 is 27.3 Å². The van der Waals surface area contributed by atoms with Gasteiger partial charge >= 0.3 is 0 Å². The highest BCUT2D eigenvalue weighted by Crippen LogP contribution is 2.32. The van der Waals surface area contributed by atoms with Crippen LogP contribution in [0.1, 0.15) is 56.8 Å². The summed E-state index contributed by atoms with van der Waals surface area (Å²) in [5, 5.41) is 5.95. The summed E-state index contributed by atoms with van der Waals surface area (Å²) in [6, 6.07) is 0. The topological polar surface area (TPSA) is 46.8 Å². The molecule has 1 fully saturated rings. The van der Waals surface area contributed by atoms with Gasteiger partial charge in [0.25, 0.3) is 0 Å². The van der Waals surface area contributed by atoms with Crippen molar-refractivity contribution in [1.29, 1.82) is 0 Å². The Balaban J connectivity index is 1.80. The number of hydrogen-bond acceptors (Lipinski definition) is 5. The fourth-order valence-electron chi connectivity index (χ4n) is 3.21. The fraction of sp³-hybridized carbons (Fsp3) is 0.722. The Morgan fingerprint density at radius 2 is 1.88 bits per heavy atom. The zero-order valence-electron chi connectivity index (χ0n) is 15.3. The summed E-state index contributed by atoms with van der Waals surface area (Å²) in [7, 11) is 0. The highest BCUT2D eigenvalue weighted by Gasteiger charge is 2.19. The molecule has 1 saturated heterocycles. The van der Waals surface area contributed by atoms with Gasteiger partial charge in [0.15, 0.2) is 11.6 Å². The zero-order chi connectivity index (χ0) is 17.6. The van der Waals surface area contributed by atoms with E-state index in [1.807, 2.05) is 0 Å². The quantitative estimate of drug-likeness (QED) is 0.621. The minimum absolute atomic E-state index is 0.889. The third-order valence-corrected chi connectivity index (χ3v) is 6.54. The number of hydrogen-bond donors (Lipinski definition) is 0. The van der Waals surface area contributed by atoms with E-state index in [0.717, 1.165) is 64.9 Å². The summed E-state index contributed by atoms with van der Waals surface area (Å²) < 4.78 is 3.15. The van der Waals surface area contributed by atoms with E-state index in [1.165, 1.54) is 32.4 Å². The second kappa shape index (κ2) is 9.24. The van der Waals surface area contributed by atoms with Crippen molar-refractivity contribution in [3.05, 3.63) is 14.6 Å². The lowest BCUT2D eigenvalue weighted by Crippen LogP contribution is -2.32. The first kappa shape index (κ1) is 19.0. The second-order valence-corrected chi connectivity index (χ2v) is 9.07. The van der Waals surface area contributed by atoms with Crippen LogP contribution in [0.2, 0.25) is 0 Å². The number of nitrogens with zero attached hydrogens (tertiary/aromatic N) is 5. The summed E-state index contributed by atoms with van der Waals surface area (Å²) in [5.74, 6) is 1.87. The minimum Gasteiger partial charge on any atom is -0.301 e. The highest BCUT2D eigenvalue weighted by atomic mass is 79.9. The number of aromatic nitrogens is 4. The van der Waals surface area contributed by atoms with Gasteiger partial charge in [-0.3, -0.25) is 0 Å². The largest absolute Gasteiger partial charge is 0.301 e. The van der Waals surface area contributed by atoms with Crippen molar-refractivity contribution in [3.8, 4) is 11.5 Å². The maximum Gasteiger partial charge on any atom is 0.179 e. The Morgan fingerprint density at radius 1 is 1.08 bits per heavy atom. The van der Waals surface area contributed by atoms with Gasteiger partial charge in [0.2, 0.25) is 0 Å². The van der Waals surface area contributed by atoms with Crippen LogP contribution in [0.3, 0.4) is 0 Å². The summed E-state index contributed by atoms with van der Waals surface area (Å²) in [4.78, 5) is 12.2. The lowest BCUT2D eigenvalue weighted by molar-refractivity contribution is 0.218. The van der Waals surface area contributed by atoms with E-state index in [-0.39, 0.29) is 0 Å². The maximum absolute atomic E-state index is 4.84. The molecule has 5 nitrogen and oxygen atoms in total. The SMILES string of the molecule is CCCCc1nc(-c2nc(CC)sc2Br)n(CCN2CCCCC2)n1. The highest BCUT2D eigenvalue weighted by molar-refractivity contribution is 9.11. The number of aryl methyl sites for hydroxylation is 2. The Bertz CT molecular complexity index is 675. The summed E-state index contributed by atoms with van der Waals surface area (Å²) in [5.41, 5.74) is 0.954. The molecule has 0 N–H and O–H groups in total. The molecule has 0 radical (unpaired) electrons. The van der Waals surface area contributed by atoms with Gasteiger partial charge < -0.3 is 4.90 Å². The first-order valence-corrected chi connectivity index (χ1v) is 11.1. The van der Waals surface area contributed by atoms with Gasteiger partial charge in [0, 0.05) is 13.0 Å². The molecular formula is C18H28BrN5S. The lowest BCUT2D eigenvalue weighted by Gasteiger charge is -2.26. The normalized spacial score (nSPS) is 15.8. The molecule has 3 rings (SSSR count). The fourth-order valence-corrected chi connectivity index (χ4v) is 4.76. The Labute approximate surface area is 163 Å². The standard InChI is InChI=1S/C18H28BrN5S/c1-3-5-9-14-20-18(16-17(19)25-15(4-2)21-16)24(22-14)13-12-23-10-7-6-8-11-23/h3-13H2,1-2H3. The van der Waals surface area contributed by atoms with E-state index in [9.17, 15) is 0 Å². The minimum atomic E-state index is 0.889. The molecule has 0 saturated carbocycles. The van der Waals surface area contributed by atoms with E-state index in [2.05, 4.69) is 39.4 Å². The third kappa shape index (κ3) is 4.89. The molecule has 0 unspecified atom stereocenters. The third-order valence-electron chi connectivity index (χ3n) is 4.69. The average molecular weight is 426 g/mol. The predicted molar refractivity (Wildman–Crippen MR) is 107 cm³/mol. The maximum atomic E-state index is 4.84. The van der Waals surface area contributed by atoms with Crippen LogP contribution in [0.5, 0.6) is 0 Å². The predicted octanol–water partition coefficient (Wildman–Crippen LogP) is 4.56. The number of piperidine rings is 1. The van der Waals surface area contributed by atoms with Crippen molar-refractivity contribution < 1.29 is 0 Å². The first-order chi connectivity index (χ1) is 12.2. The average Bonchev–Trinajstić information content (AvgIpc) is 3.21. The van der Waals surface area contributed by atoms with E-state index >= 15 is 0 Å². The molecule has 0 bridgehead atoms. The molecule has 25 heavy (non-hydrogen) atoms. The zero-order valence-corrected chi connectivity index (χ0v) is 17.7. The molecule has 2 aromatic heterocycles. The number of likely N-dealkylation sites (tertiary alicyclic amines) is 1. The number of thiazole rings is 1. The van der Waals surface area contributed by atoms with Gasteiger partial charge in [-0.2, -0.15) is 5.10 Å². The van der Waals surface area contributed by atoms with Crippen molar-refractivity contribution in [2.75, 3.05) is 19.6 Å². The van der Waals surface area contributed by atoms with Gasteiger partial charge in [-0.05, 0) is 54.7 Å². The first-order valence-electron chi connectivity index (χ1n) is 9.53. The van der Waals surface area contributed by atoms with Crippen molar-refractivity contribution >= 4 is 27.3 Å². The molecule has 1 aliphatic heterocycles. The van der Waals surface area contributed by atoms with E-state index in [4.69, 9.17) is 15.1 Å². The van der Waals surface area contributed by atoms with Crippen LogP contribution < -0.4 is 0 Å². The smallest absolute Gasteiger partial charge is 0.179 e. The van der Waals surface area contributed by atoms with Crippen LogP contribution in [0.15, 0.2) is 3.79 Å². The van der Waals surface area contributed by atoms with Gasteiger partial charge in [-0.25, -0.2) is 14.6 Å². The molecule has 0 aromatic carbocycles. The van der Waals surface area contributed by atoms with Crippen molar-refractivity contribution in [2.24, 2.45) is 0 Å². The molecule has 0 amide bonds. The van der Waals surface area contributed by atoms with Gasteiger partial charge in [0.05, 0.1) is 11.6 Å². The van der Waals surface area contributed by atoms with Crippen molar-refractivity contribution in [1.82, 2.24) is 24.6 Å². The van der Waals surface area contributed by atoms with Crippen molar-refractivity contribution in [3.63, 3.8) is 0 Å². The number of halogens is 1. The molecule has 3 heterocycles.